The van der Waals surface area contributed by atoms with Crippen molar-refractivity contribution in [1.82, 2.24) is 16.0 Å². The molecule has 103 valence electrons. The maximum atomic E-state index is 11.0. The fraction of sp³-hybridized carbons (Fsp3) is 0.727. The maximum absolute atomic E-state index is 11.0. The summed E-state index contributed by atoms with van der Waals surface area (Å²) in [6, 6.07) is -0.0415. The molecule has 3 N–H and O–H groups in total. The minimum atomic E-state index is -0.0415. The van der Waals surface area contributed by atoms with Crippen LogP contribution in [0.3, 0.4) is 0 Å². The summed E-state index contributed by atoms with van der Waals surface area (Å²) in [6.07, 6.45) is 5.69. The van der Waals surface area contributed by atoms with Gasteiger partial charge in [0.15, 0.2) is 0 Å². The summed E-state index contributed by atoms with van der Waals surface area (Å²) in [5.41, 5.74) is 0. The molecule has 0 aromatic carbocycles. The summed E-state index contributed by atoms with van der Waals surface area (Å²) in [6.45, 7) is 2.22. The molecule has 1 radical (unpaired) electrons. The number of nitrogens with one attached hydrogen (secondary N) is 3. The first-order valence-corrected chi connectivity index (χ1v) is 5.45. The topological polar surface area (TPSA) is 87.3 Å². The van der Waals surface area contributed by atoms with Gasteiger partial charge in [-0.1, -0.05) is 0 Å². The monoisotopic (exact) mass is 332 g/mol. The van der Waals surface area contributed by atoms with Crippen molar-refractivity contribution in [1.29, 1.82) is 0 Å². The van der Waals surface area contributed by atoms with Crippen molar-refractivity contribution in [2.45, 2.75) is 32.2 Å². The van der Waals surface area contributed by atoms with E-state index < -0.39 is 0 Å². The van der Waals surface area contributed by atoms with Crippen LogP contribution in [0.25, 0.3) is 0 Å². The van der Waals surface area contributed by atoms with Crippen molar-refractivity contribution in [2.24, 2.45) is 0 Å². The molecule has 0 rings (SSSR count). The van der Waals surface area contributed by atoms with Gasteiger partial charge in [-0.15, -0.1) is 0 Å². The van der Waals surface area contributed by atoms with E-state index in [0.29, 0.717) is 6.54 Å². The van der Waals surface area contributed by atoms with Crippen molar-refractivity contribution < 1.29 is 47.1 Å². The molecule has 0 saturated heterocycles. The largest absolute Gasteiger partial charge is 0.532 e. The Morgan fingerprint density at radius 2 is 1.72 bits per heavy atom. The van der Waals surface area contributed by atoms with Crippen LogP contribution in [0.4, 0.5) is 0 Å². The van der Waals surface area contributed by atoms with Gasteiger partial charge in [-0.3, -0.25) is 4.79 Å². The molecule has 0 aliphatic carbocycles. The number of likely N-dealkylation sites (N-methyl/N-ethyl adjacent to an activating group) is 1. The number of carbonyl (C=O) groups excluding carboxylic acids is 3. The van der Waals surface area contributed by atoms with E-state index in [0.717, 1.165) is 19.3 Å². The Morgan fingerprint density at radius 3 is 2.06 bits per heavy atom. The van der Waals surface area contributed by atoms with E-state index in [1.165, 1.54) is 13.5 Å². The first-order chi connectivity index (χ1) is 8.13. The standard InChI is InChI=1S/C9H17N2O2.C2H4NO.Y/c1-8(13)9(10-2)5-3-4-6-11-7-12;1-3-2-4;/h9-10H,3-6H2,1-2H3,(H,11,12);1H3,(H,3,4);/q2*-1;. The van der Waals surface area contributed by atoms with Crippen LogP contribution in [0.2, 0.25) is 0 Å². The molecular formula is C11H21N3O3Y-2. The van der Waals surface area contributed by atoms with Crippen LogP contribution in [-0.4, -0.2) is 45.3 Å². The molecule has 7 heteroatoms. The van der Waals surface area contributed by atoms with Crippen LogP contribution in [0.5, 0.6) is 0 Å². The Balaban J connectivity index is -0.000000392. The molecule has 0 aromatic heterocycles. The van der Waals surface area contributed by atoms with Gasteiger partial charge in [0.05, 0.1) is 6.04 Å². The van der Waals surface area contributed by atoms with Gasteiger partial charge in [0.2, 0.25) is 0 Å². The smallest absolute Gasteiger partial charge is 0.146 e. The second-order valence-electron chi connectivity index (χ2n) is 3.33. The van der Waals surface area contributed by atoms with Gasteiger partial charge >= 0.3 is 0 Å². The number of carbonyl (C=O) groups is 1. The zero-order valence-corrected chi connectivity index (χ0v) is 14.0. The molecule has 0 saturated carbocycles. The summed E-state index contributed by atoms with van der Waals surface area (Å²) in [7, 11) is 3.29. The summed E-state index contributed by atoms with van der Waals surface area (Å²) in [5, 5.41) is 7.53. The predicted octanol–water partition coefficient (Wildman–Crippen LogP) is -0.739. The molecule has 0 heterocycles. The van der Waals surface area contributed by atoms with E-state index in [-0.39, 0.29) is 44.5 Å². The molecule has 18 heavy (non-hydrogen) atoms. The average Bonchev–Trinajstić information content (AvgIpc) is 2.33. The van der Waals surface area contributed by atoms with Crippen molar-refractivity contribution in [3.8, 4) is 0 Å². The Labute approximate surface area is 134 Å². The van der Waals surface area contributed by atoms with Gasteiger partial charge in [0, 0.05) is 32.7 Å². The van der Waals surface area contributed by atoms with Crippen molar-refractivity contribution in [3.05, 3.63) is 0 Å². The number of ketones is 1. The molecule has 1 atom stereocenters. The summed E-state index contributed by atoms with van der Waals surface area (Å²) in [5.74, 6) is 0.164. The van der Waals surface area contributed by atoms with Crippen molar-refractivity contribution in [3.63, 3.8) is 0 Å². The first kappa shape index (κ1) is 22.8. The quantitative estimate of drug-likeness (QED) is 0.295. The molecule has 0 aliphatic rings. The van der Waals surface area contributed by atoms with Crippen molar-refractivity contribution in [2.75, 3.05) is 20.6 Å². The Bertz CT molecular complexity index is 216. The van der Waals surface area contributed by atoms with Crippen LogP contribution in [0.15, 0.2) is 0 Å². The fourth-order valence-corrected chi connectivity index (χ4v) is 1.16. The second-order valence-corrected chi connectivity index (χ2v) is 3.33. The zero-order valence-electron chi connectivity index (χ0n) is 11.2. The van der Waals surface area contributed by atoms with E-state index in [9.17, 15) is 9.59 Å². The third-order valence-corrected chi connectivity index (χ3v) is 2.06. The minimum Gasteiger partial charge on any atom is -0.532 e. The van der Waals surface area contributed by atoms with E-state index in [1.54, 1.807) is 20.4 Å². The number of rotatable bonds is 9. The second kappa shape index (κ2) is 19.0. The van der Waals surface area contributed by atoms with Crippen LogP contribution < -0.4 is 16.0 Å². The number of hydrogen-bond acceptors (Lipinski definition) is 4. The SMILES string of the molecule is CNC(CCCCN[C-]=O)C(C)=O.CN[C-]=O.[Y]. The number of hydrogen-bond donors (Lipinski definition) is 3. The molecule has 1 unspecified atom stereocenters. The average molecular weight is 332 g/mol. The van der Waals surface area contributed by atoms with Gasteiger partial charge < -0.3 is 25.5 Å². The van der Waals surface area contributed by atoms with E-state index in [1.807, 2.05) is 0 Å². The normalized spacial score (nSPS) is 9.94. The van der Waals surface area contributed by atoms with Gasteiger partial charge in [0.1, 0.15) is 5.78 Å². The van der Waals surface area contributed by atoms with Gasteiger partial charge in [0.25, 0.3) is 0 Å². The summed E-state index contributed by atoms with van der Waals surface area (Å²) in [4.78, 5) is 29.7. The summed E-state index contributed by atoms with van der Waals surface area (Å²) < 4.78 is 0. The molecule has 0 aromatic rings. The predicted molar refractivity (Wildman–Crippen MR) is 65.8 cm³/mol. The van der Waals surface area contributed by atoms with E-state index >= 15 is 0 Å². The van der Waals surface area contributed by atoms with Crippen LogP contribution in [0.1, 0.15) is 26.2 Å². The first-order valence-electron chi connectivity index (χ1n) is 5.45. The number of unbranched alkanes of at least 4 members (excludes halogenated alkanes) is 1. The number of Topliss-reactive ketones (excluding diaryl/α,β-unsaturated/α-hetero) is 1. The van der Waals surface area contributed by atoms with Crippen LogP contribution in [-0.2, 0) is 47.1 Å². The Morgan fingerprint density at radius 1 is 1.17 bits per heavy atom. The van der Waals surface area contributed by atoms with Gasteiger partial charge in [-0.2, -0.15) is 12.8 Å². The van der Waals surface area contributed by atoms with Gasteiger partial charge in [-0.05, 0) is 46.8 Å². The minimum absolute atomic E-state index is 0. The molecule has 2 amide bonds. The number of amides is 2. The third kappa shape index (κ3) is 18.1. The Kier molecular flexibility index (Phi) is 24.1. The summed E-state index contributed by atoms with van der Waals surface area (Å²) >= 11 is 0. The maximum Gasteiger partial charge on any atom is 0.146 e. The molecule has 0 aliphatic heterocycles. The van der Waals surface area contributed by atoms with Crippen LogP contribution >= 0.6 is 0 Å². The molecule has 0 fully saturated rings. The zero-order chi connectivity index (χ0) is 13.5. The molecular weight excluding hydrogens is 311 g/mol. The molecule has 6 nitrogen and oxygen atoms in total. The van der Waals surface area contributed by atoms with Crippen molar-refractivity contribution >= 4 is 18.6 Å². The van der Waals surface area contributed by atoms with E-state index in [4.69, 9.17) is 4.79 Å². The third-order valence-electron chi connectivity index (χ3n) is 2.06. The van der Waals surface area contributed by atoms with Gasteiger partial charge in [-0.25, -0.2) is 0 Å². The fourth-order valence-electron chi connectivity index (χ4n) is 1.16. The van der Waals surface area contributed by atoms with E-state index in [2.05, 4.69) is 16.0 Å². The Hall–Kier alpha value is -0.326. The molecule has 0 spiro atoms. The van der Waals surface area contributed by atoms with Crippen LogP contribution in [0, 0.1) is 0 Å². The molecule has 0 bridgehead atoms.